The van der Waals surface area contributed by atoms with Gasteiger partial charge in [-0.2, -0.15) is 0 Å². The predicted molar refractivity (Wildman–Crippen MR) is 63.0 cm³/mol. The van der Waals surface area contributed by atoms with Crippen LogP contribution in [0.1, 0.15) is 61.8 Å². The van der Waals surface area contributed by atoms with Crippen molar-refractivity contribution in [2.24, 2.45) is 11.3 Å². The highest BCUT2D eigenvalue weighted by Gasteiger charge is 2.06. The van der Waals surface area contributed by atoms with Gasteiger partial charge in [0.15, 0.2) is 0 Å². The number of aliphatic hydroxyl groups excluding tert-OH is 1. The Bertz CT molecular complexity index is 66.9. The maximum atomic E-state index is 8.40. The van der Waals surface area contributed by atoms with Gasteiger partial charge in [-0.3, -0.25) is 0 Å². The molecule has 0 heterocycles. The second-order valence-corrected chi connectivity index (χ2v) is 4.77. The molecular weight excluding hydrogens is 160 g/mol. The molecule has 0 radical (unpaired) electrons. The van der Waals surface area contributed by atoms with E-state index < -0.39 is 0 Å². The van der Waals surface area contributed by atoms with Crippen LogP contribution in [0.25, 0.3) is 0 Å². The molecular formula is C12H30O. The van der Waals surface area contributed by atoms with Gasteiger partial charge in [0.05, 0.1) is 0 Å². The first-order valence-electron chi connectivity index (χ1n) is 5.40. The van der Waals surface area contributed by atoms with Crippen LogP contribution < -0.4 is 0 Å². The Hall–Kier alpha value is -0.0400. The van der Waals surface area contributed by atoms with Gasteiger partial charge in [0.2, 0.25) is 0 Å². The fourth-order valence-electron chi connectivity index (χ4n) is 0.335. The van der Waals surface area contributed by atoms with Gasteiger partial charge in [-0.25, -0.2) is 0 Å². The monoisotopic (exact) mass is 190 g/mol. The summed E-state index contributed by atoms with van der Waals surface area (Å²) in [4.78, 5) is 0. The fraction of sp³-hybridized carbons (Fsp3) is 1.00. The Balaban J connectivity index is -0.000000142. The van der Waals surface area contributed by atoms with E-state index in [-0.39, 0.29) is 0 Å². The molecule has 0 amide bonds. The number of hydrogen-bond acceptors (Lipinski definition) is 1. The van der Waals surface area contributed by atoms with Crippen molar-refractivity contribution in [3.8, 4) is 0 Å². The molecule has 0 aromatic rings. The van der Waals surface area contributed by atoms with Gasteiger partial charge in [-0.1, -0.05) is 55.4 Å². The average Bonchev–Trinajstić information content (AvgIpc) is 1.87. The maximum absolute atomic E-state index is 8.40. The highest BCUT2D eigenvalue weighted by atomic mass is 16.3. The van der Waals surface area contributed by atoms with Crippen LogP contribution in [0, 0.1) is 11.3 Å². The zero-order valence-electron chi connectivity index (χ0n) is 10.9. The lowest BCUT2D eigenvalue weighted by Crippen LogP contribution is -2.06. The molecule has 0 bridgehead atoms. The molecule has 0 unspecified atom stereocenters. The number of hydrogen-bond donors (Lipinski definition) is 1. The summed E-state index contributed by atoms with van der Waals surface area (Å²) in [6, 6.07) is 0. The van der Waals surface area contributed by atoms with Crippen molar-refractivity contribution in [3.63, 3.8) is 0 Å². The van der Waals surface area contributed by atoms with Crippen LogP contribution >= 0.6 is 0 Å². The van der Waals surface area contributed by atoms with Crippen molar-refractivity contribution in [1.82, 2.24) is 0 Å². The van der Waals surface area contributed by atoms with Crippen LogP contribution in [-0.4, -0.2) is 11.7 Å². The molecule has 1 N–H and O–H groups in total. The lowest BCUT2D eigenvalue weighted by molar-refractivity contribution is 0.225. The van der Waals surface area contributed by atoms with Gasteiger partial charge >= 0.3 is 0 Å². The molecule has 0 aromatic carbocycles. The van der Waals surface area contributed by atoms with Gasteiger partial charge < -0.3 is 5.11 Å². The van der Waals surface area contributed by atoms with E-state index in [0.29, 0.717) is 12.0 Å². The molecule has 0 aliphatic carbocycles. The van der Waals surface area contributed by atoms with Gasteiger partial charge in [0.25, 0.3) is 0 Å². The minimum atomic E-state index is 0.300. The van der Waals surface area contributed by atoms with Gasteiger partial charge in [-0.05, 0) is 17.8 Å². The van der Waals surface area contributed by atoms with Crippen LogP contribution in [0.2, 0.25) is 0 Å². The maximum Gasteiger partial charge on any atom is 0.0436 e. The van der Waals surface area contributed by atoms with E-state index >= 15 is 0 Å². The summed E-state index contributed by atoms with van der Waals surface area (Å²) < 4.78 is 0. The highest BCUT2D eigenvalue weighted by Crippen LogP contribution is 2.16. The third-order valence-corrected chi connectivity index (χ3v) is 0.862. The summed E-state index contributed by atoms with van der Waals surface area (Å²) in [5.74, 6) is 0.833. The molecule has 0 saturated carbocycles. The molecule has 0 fully saturated rings. The summed E-state index contributed by atoms with van der Waals surface area (Å²) in [5.41, 5.74) is 0.300. The van der Waals surface area contributed by atoms with E-state index in [1.165, 1.54) is 0 Å². The van der Waals surface area contributed by atoms with Crippen molar-refractivity contribution < 1.29 is 5.11 Å². The van der Waals surface area contributed by atoms with Crippen molar-refractivity contribution in [1.29, 1.82) is 0 Å². The quantitative estimate of drug-likeness (QED) is 0.660. The summed E-state index contributed by atoms with van der Waals surface area (Å²) in [6.07, 6.45) is 0.896. The molecule has 0 rings (SSSR count). The summed E-state index contributed by atoms with van der Waals surface area (Å²) >= 11 is 0. The third-order valence-electron chi connectivity index (χ3n) is 0.862. The van der Waals surface area contributed by atoms with Crippen molar-refractivity contribution in [2.45, 2.75) is 61.8 Å². The van der Waals surface area contributed by atoms with Crippen LogP contribution in [0.3, 0.4) is 0 Å². The van der Waals surface area contributed by atoms with E-state index in [1.807, 2.05) is 13.8 Å². The normalized spacial score (nSPS) is 9.69. The predicted octanol–water partition coefficient (Wildman–Crippen LogP) is 4.10. The second-order valence-electron chi connectivity index (χ2n) is 4.77. The number of rotatable bonds is 1. The smallest absolute Gasteiger partial charge is 0.0436 e. The topological polar surface area (TPSA) is 20.2 Å². The SMILES string of the molecule is CC.CC(C)(C)CCO.CC(C)C. The Kier molecular flexibility index (Phi) is 17.2. The van der Waals surface area contributed by atoms with E-state index in [2.05, 4.69) is 41.5 Å². The van der Waals surface area contributed by atoms with Crippen LogP contribution in [0.5, 0.6) is 0 Å². The van der Waals surface area contributed by atoms with Crippen LogP contribution in [0.4, 0.5) is 0 Å². The summed E-state index contributed by atoms with van der Waals surface area (Å²) in [6.45, 7) is 17.2. The fourth-order valence-corrected chi connectivity index (χ4v) is 0.335. The van der Waals surface area contributed by atoms with E-state index in [9.17, 15) is 0 Å². The van der Waals surface area contributed by atoms with Crippen molar-refractivity contribution in [3.05, 3.63) is 0 Å². The Morgan fingerprint density at radius 3 is 1.23 bits per heavy atom. The zero-order valence-corrected chi connectivity index (χ0v) is 10.9. The molecule has 84 valence electrons. The largest absolute Gasteiger partial charge is 0.396 e. The van der Waals surface area contributed by atoms with Gasteiger partial charge in [-0.15, -0.1) is 0 Å². The first-order valence-corrected chi connectivity index (χ1v) is 5.40. The Morgan fingerprint density at radius 2 is 1.23 bits per heavy atom. The minimum Gasteiger partial charge on any atom is -0.396 e. The standard InChI is InChI=1S/C6H14O.C4H10.C2H6/c1-6(2,3)4-5-7;1-4(2)3;1-2/h7H,4-5H2,1-3H3;4H,1-3H3;1-2H3. The molecule has 1 heteroatoms. The first-order chi connectivity index (χ1) is 5.79. The average molecular weight is 190 g/mol. The molecule has 0 saturated heterocycles. The lowest BCUT2D eigenvalue weighted by atomic mass is 9.93. The number of aliphatic hydroxyl groups is 1. The molecule has 0 aliphatic rings. The van der Waals surface area contributed by atoms with Gasteiger partial charge in [0.1, 0.15) is 0 Å². The third kappa shape index (κ3) is 75.7. The van der Waals surface area contributed by atoms with Crippen LogP contribution in [0.15, 0.2) is 0 Å². The molecule has 0 spiro atoms. The molecule has 0 aromatic heterocycles. The van der Waals surface area contributed by atoms with E-state index in [1.54, 1.807) is 0 Å². The first kappa shape index (κ1) is 18.7. The van der Waals surface area contributed by atoms with Crippen molar-refractivity contribution in [2.75, 3.05) is 6.61 Å². The summed E-state index contributed by atoms with van der Waals surface area (Å²) in [7, 11) is 0. The Morgan fingerprint density at radius 1 is 1.00 bits per heavy atom. The van der Waals surface area contributed by atoms with Gasteiger partial charge in [0, 0.05) is 6.61 Å². The highest BCUT2D eigenvalue weighted by molar-refractivity contribution is 4.58. The van der Waals surface area contributed by atoms with E-state index in [4.69, 9.17) is 5.11 Å². The van der Waals surface area contributed by atoms with Crippen LogP contribution in [-0.2, 0) is 0 Å². The molecule has 1 nitrogen and oxygen atoms in total. The Labute approximate surface area is 85.6 Å². The minimum absolute atomic E-state index is 0.300. The van der Waals surface area contributed by atoms with Crippen molar-refractivity contribution >= 4 is 0 Å². The second kappa shape index (κ2) is 12.0. The lowest BCUT2D eigenvalue weighted by Gasteiger charge is -2.14. The summed E-state index contributed by atoms with van der Waals surface area (Å²) in [5, 5.41) is 8.40. The van der Waals surface area contributed by atoms with E-state index in [0.717, 1.165) is 12.3 Å². The molecule has 0 aliphatic heterocycles. The molecule has 13 heavy (non-hydrogen) atoms. The molecule has 0 atom stereocenters. The zero-order chi connectivity index (χ0) is 11.5.